The zero-order valence-electron chi connectivity index (χ0n) is 16.3. The third-order valence-electron chi connectivity index (χ3n) is 4.52. The molecule has 1 unspecified atom stereocenters. The van der Waals surface area contributed by atoms with Gasteiger partial charge in [0.25, 0.3) is 0 Å². The Labute approximate surface area is 169 Å². The molecule has 1 aliphatic heterocycles. The zero-order chi connectivity index (χ0) is 20.7. The maximum Gasteiger partial charge on any atom is 0.336 e. The van der Waals surface area contributed by atoms with Crippen LogP contribution in [0.4, 0.5) is 0 Å². The van der Waals surface area contributed by atoms with Crippen LogP contribution in [0.3, 0.4) is 0 Å². The van der Waals surface area contributed by atoms with Gasteiger partial charge in [-0.1, -0.05) is 23.7 Å². The van der Waals surface area contributed by atoms with Crippen LogP contribution in [-0.4, -0.2) is 56.1 Å². The van der Waals surface area contributed by atoms with Crippen LogP contribution in [-0.2, 0) is 23.9 Å². The molecule has 1 aromatic carbocycles. The molecule has 0 aliphatic carbocycles. The first-order valence-electron chi connectivity index (χ1n) is 9.08. The number of halogens is 1. The van der Waals surface area contributed by atoms with Crippen LogP contribution in [0.5, 0.6) is 0 Å². The number of carbonyl (C=O) groups is 3. The maximum atomic E-state index is 12.8. The SMILES string of the molecule is CCOC(=O)C1=C(C)N(CC(=O)NCCOC)C(=O)CC1c1ccc(Cl)cc1. The summed E-state index contributed by atoms with van der Waals surface area (Å²) in [5.74, 6) is -1.49. The molecule has 28 heavy (non-hydrogen) atoms. The lowest BCUT2D eigenvalue weighted by Gasteiger charge is -2.34. The number of hydrogen-bond donors (Lipinski definition) is 1. The Morgan fingerprint density at radius 2 is 1.96 bits per heavy atom. The minimum Gasteiger partial charge on any atom is -0.463 e. The summed E-state index contributed by atoms with van der Waals surface area (Å²) in [5.41, 5.74) is 1.61. The molecule has 1 atom stereocenters. The van der Waals surface area contributed by atoms with E-state index in [1.165, 1.54) is 12.0 Å². The molecular weight excluding hydrogens is 384 g/mol. The number of nitrogens with one attached hydrogen (secondary N) is 1. The van der Waals surface area contributed by atoms with E-state index in [0.29, 0.717) is 29.4 Å². The van der Waals surface area contributed by atoms with Gasteiger partial charge in [0.1, 0.15) is 6.54 Å². The fraction of sp³-hybridized carbons (Fsp3) is 0.450. The Morgan fingerprint density at radius 3 is 2.57 bits per heavy atom. The molecule has 7 nitrogen and oxygen atoms in total. The lowest BCUT2D eigenvalue weighted by Crippen LogP contribution is -2.44. The van der Waals surface area contributed by atoms with Crippen molar-refractivity contribution < 1.29 is 23.9 Å². The van der Waals surface area contributed by atoms with Crippen molar-refractivity contribution in [2.45, 2.75) is 26.2 Å². The van der Waals surface area contributed by atoms with Gasteiger partial charge in [0.15, 0.2) is 0 Å². The second-order valence-electron chi connectivity index (χ2n) is 6.35. The summed E-state index contributed by atoms with van der Waals surface area (Å²) in [6.45, 7) is 4.16. The van der Waals surface area contributed by atoms with Gasteiger partial charge >= 0.3 is 5.97 Å². The molecule has 2 rings (SSSR count). The van der Waals surface area contributed by atoms with E-state index in [1.54, 1.807) is 38.1 Å². The molecule has 8 heteroatoms. The highest BCUT2D eigenvalue weighted by Gasteiger charge is 2.37. The number of methoxy groups -OCH3 is 1. The van der Waals surface area contributed by atoms with Crippen LogP contribution in [0.25, 0.3) is 0 Å². The quantitative estimate of drug-likeness (QED) is 0.526. The molecule has 1 aliphatic rings. The van der Waals surface area contributed by atoms with Crippen LogP contribution in [0, 0.1) is 0 Å². The van der Waals surface area contributed by atoms with Crippen LogP contribution >= 0.6 is 11.6 Å². The molecule has 1 N–H and O–H groups in total. The Balaban J connectivity index is 2.33. The Kier molecular flexibility index (Phi) is 8.02. The van der Waals surface area contributed by atoms with Gasteiger partial charge in [-0.15, -0.1) is 0 Å². The molecule has 0 fully saturated rings. The number of nitrogens with zero attached hydrogens (tertiary/aromatic N) is 1. The van der Waals surface area contributed by atoms with Crippen LogP contribution < -0.4 is 5.32 Å². The summed E-state index contributed by atoms with van der Waals surface area (Å²) in [6, 6.07) is 7.02. The fourth-order valence-corrected chi connectivity index (χ4v) is 3.27. The van der Waals surface area contributed by atoms with Crippen molar-refractivity contribution in [3.63, 3.8) is 0 Å². The fourth-order valence-electron chi connectivity index (χ4n) is 3.15. The predicted molar refractivity (Wildman–Crippen MR) is 105 cm³/mol. The zero-order valence-corrected chi connectivity index (χ0v) is 17.0. The molecule has 0 radical (unpaired) electrons. The summed E-state index contributed by atoms with van der Waals surface area (Å²) >= 11 is 5.96. The molecule has 1 aromatic rings. The first-order chi connectivity index (χ1) is 13.4. The van der Waals surface area contributed by atoms with E-state index in [4.69, 9.17) is 21.1 Å². The van der Waals surface area contributed by atoms with E-state index >= 15 is 0 Å². The molecule has 0 saturated carbocycles. The van der Waals surface area contributed by atoms with Gasteiger partial charge in [0.05, 0.1) is 18.8 Å². The van der Waals surface area contributed by atoms with Gasteiger partial charge in [0, 0.05) is 36.7 Å². The summed E-state index contributed by atoms with van der Waals surface area (Å²) < 4.78 is 10.1. The highest BCUT2D eigenvalue weighted by atomic mass is 35.5. The van der Waals surface area contributed by atoms with E-state index in [2.05, 4.69) is 5.32 Å². The van der Waals surface area contributed by atoms with E-state index in [9.17, 15) is 14.4 Å². The Hall–Kier alpha value is -2.38. The number of ether oxygens (including phenoxy) is 2. The van der Waals surface area contributed by atoms with Crippen LogP contribution in [0.2, 0.25) is 5.02 Å². The van der Waals surface area contributed by atoms with Crippen molar-refractivity contribution in [2.75, 3.05) is 33.4 Å². The Morgan fingerprint density at radius 1 is 1.29 bits per heavy atom. The minimum absolute atomic E-state index is 0.0679. The second-order valence-corrected chi connectivity index (χ2v) is 6.79. The maximum absolute atomic E-state index is 12.8. The lowest BCUT2D eigenvalue weighted by atomic mass is 9.83. The number of hydrogen-bond acceptors (Lipinski definition) is 5. The van der Waals surface area contributed by atoms with Gasteiger partial charge in [-0.25, -0.2) is 4.79 Å². The standard InChI is InChI=1S/C20H25ClN2O5/c1-4-28-20(26)19-13(2)23(12-17(24)22-9-10-27-3)18(25)11-16(19)14-5-7-15(21)8-6-14/h5-8,16H,4,9-12H2,1-3H3,(H,22,24). The minimum atomic E-state index is -0.489. The van der Waals surface area contributed by atoms with E-state index < -0.39 is 11.9 Å². The average molecular weight is 409 g/mol. The number of allylic oxidation sites excluding steroid dienone is 1. The lowest BCUT2D eigenvalue weighted by molar-refractivity contribution is -0.141. The summed E-state index contributed by atoms with van der Waals surface area (Å²) in [5, 5.41) is 3.25. The largest absolute Gasteiger partial charge is 0.463 e. The molecule has 0 bridgehead atoms. The molecule has 0 spiro atoms. The smallest absolute Gasteiger partial charge is 0.336 e. The van der Waals surface area contributed by atoms with Crippen molar-refractivity contribution in [2.24, 2.45) is 0 Å². The van der Waals surface area contributed by atoms with Gasteiger partial charge in [0.2, 0.25) is 11.8 Å². The van der Waals surface area contributed by atoms with Gasteiger partial charge in [-0.3, -0.25) is 9.59 Å². The van der Waals surface area contributed by atoms with Crippen LogP contribution in [0.1, 0.15) is 31.7 Å². The first kappa shape index (κ1) is 21.9. The van der Waals surface area contributed by atoms with Crippen molar-refractivity contribution >= 4 is 29.4 Å². The highest BCUT2D eigenvalue weighted by Crippen LogP contribution is 2.37. The summed E-state index contributed by atoms with van der Waals surface area (Å²) in [6.07, 6.45) is 0.0679. The number of amides is 2. The van der Waals surface area contributed by atoms with Gasteiger partial charge in [-0.05, 0) is 31.5 Å². The predicted octanol–water partition coefficient (Wildman–Crippen LogP) is 2.26. The van der Waals surface area contributed by atoms with Crippen molar-refractivity contribution in [3.8, 4) is 0 Å². The third kappa shape index (κ3) is 5.33. The molecule has 0 saturated heterocycles. The summed E-state index contributed by atoms with van der Waals surface area (Å²) in [7, 11) is 1.54. The van der Waals surface area contributed by atoms with Crippen molar-refractivity contribution in [3.05, 3.63) is 46.1 Å². The molecule has 1 heterocycles. The number of benzene rings is 1. The second kappa shape index (κ2) is 10.2. The topological polar surface area (TPSA) is 84.9 Å². The molecular formula is C20H25ClN2O5. The van der Waals surface area contributed by atoms with Gasteiger partial charge < -0.3 is 19.7 Å². The van der Waals surface area contributed by atoms with Gasteiger partial charge in [-0.2, -0.15) is 0 Å². The number of carbonyl (C=O) groups excluding carboxylic acids is 3. The third-order valence-corrected chi connectivity index (χ3v) is 4.77. The van der Waals surface area contributed by atoms with Crippen LogP contribution in [0.15, 0.2) is 35.5 Å². The normalized spacial score (nSPS) is 16.9. The summed E-state index contributed by atoms with van der Waals surface area (Å²) in [4.78, 5) is 38.9. The molecule has 152 valence electrons. The van der Waals surface area contributed by atoms with Crippen molar-refractivity contribution in [1.82, 2.24) is 10.2 Å². The van der Waals surface area contributed by atoms with E-state index in [1.807, 2.05) is 0 Å². The first-order valence-corrected chi connectivity index (χ1v) is 9.46. The highest BCUT2D eigenvalue weighted by molar-refractivity contribution is 6.30. The number of rotatable bonds is 8. The molecule has 0 aromatic heterocycles. The monoisotopic (exact) mass is 408 g/mol. The van der Waals surface area contributed by atoms with E-state index in [-0.39, 0.29) is 31.4 Å². The number of esters is 1. The molecule has 2 amide bonds. The van der Waals surface area contributed by atoms with Crippen molar-refractivity contribution in [1.29, 1.82) is 0 Å². The van der Waals surface area contributed by atoms with E-state index in [0.717, 1.165) is 5.56 Å². The Bertz CT molecular complexity index is 760. The average Bonchev–Trinajstić information content (AvgIpc) is 2.65.